The number of aromatic nitrogens is 3. The minimum absolute atomic E-state index is 0.0430. The van der Waals surface area contributed by atoms with Gasteiger partial charge in [0, 0.05) is 13.5 Å². The largest absolute Gasteiger partial charge is 0.476 e. The van der Waals surface area contributed by atoms with Crippen LogP contribution in [0.4, 0.5) is 0 Å². The molecule has 0 saturated carbocycles. The van der Waals surface area contributed by atoms with Crippen LogP contribution in [0.15, 0.2) is 22.8 Å². The van der Waals surface area contributed by atoms with Gasteiger partial charge in [-0.25, -0.2) is 9.48 Å². The zero-order valence-corrected chi connectivity index (χ0v) is 9.87. The summed E-state index contributed by atoms with van der Waals surface area (Å²) in [5.74, 6) is -0.401. The maximum absolute atomic E-state index is 11.0. The van der Waals surface area contributed by atoms with Crippen molar-refractivity contribution in [1.82, 2.24) is 15.0 Å². The smallest absolute Gasteiger partial charge is 0.358 e. The molecule has 0 aromatic carbocycles. The fourth-order valence-electron chi connectivity index (χ4n) is 1.62. The van der Waals surface area contributed by atoms with Crippen molar-refractivity contribution in [3.8, 4) is 0 Å². The van der Waals surface area contributed by atoms with Gasteiger partial charge in [-0.2, -0.15) is 0 Å². The first-order valence-corrected chi connectivity index (χ1v) is 5.39. The Morgan fingerprint density at radius 1 is 1.61 bits per heavy atom. The van der Waals surface area contributed by atoms with Crippen molar-refractivity contribution in [3.63, 3.8) is 0 Å². The monoisotopic (exact) mass is 251 g/mol. The first-order chi connectivity index (χ1) is 8.72. The molecule has 2 aromatic heterocycles. The van der Waals surface area contributed by atoms with E-state index in [-0.39, 0.29) is 5.69 Å². The fourth-order valence-corrected chi connectivity index (χ4v) is 1.62. The van der Waals surface area contributed by atoms with E-state index in [0.717, 1.165) is 0 Å². The minimum atomic E-state index is -1.09. The Hall–Kier alpha value is -2.15. The van der Waals surface area contributed by atoms with Gasteiger partial charge in [0.2, 0.25) is 0 Å². The molecule has 0 saturated heterocycles. The Kier molecular flexibility index (Phi) is 3.73. The first kappa shape index (κ1) is 12.3. The maximum Gasteiger partial charge on any atom is 0.358 e. The average Bonchev–Trinajstić information content (AvgIpc) is 2.96. The van der Waals surface area contributed by atoms with Gasteiger partial charge in [-0.05, 0) is 12.1 Å². The molecule has 2 rings (SSSR count). The molecule has 1 N–H and O–H groups in total. The van der Waals surface area contributed by atoms with E-state index in [4.69, 9.17) is 14.3 Å². The predicted octanol–water partition coefficient (Wildman–Crippen LogP) is 0.806. The average molecular weight is 251 g/mol. The lowest BCUT2D eigenvalue weighted by atomic mass is 10.2. The Labute approximate surface area is 103 Å². The van der Waals surface area contributed by atoms with E-state index < -0.39 is 5.97 Å². The van der Waals surface area contributed by atoms with Gasteiger partial charge in [0.25, 0.3) is 0 Å². The van der Waals surface area contributed by atoms with Crippen LogP contribution in [0.1, 0.15) is 21.9 Å². The summed E-state index contributed by atoms with van der Waals surface area (Å²) >= 11 is 0. The number of hydrogen-bond donors (Lipinski definition) is 1. The van der Waals surface area contributed by atoms with E-state index in [1.165, 1.54) is 4.68 Å². The van der Waals surface area contributed by atoms with Crippen LogP contribution in [0.2, 0.25) is 0 Å². The van der Waals surface area contributed by atoms with E-state index in [2.05, 4.69) is 10.3 Å². The van der Waals surface area contributed by atoms with E-state index in [1.807, 2.05) is 0 Å². The van der Waals surface area contributed by atoms with Crippen LogP contribution in [0.5, 0.6) is 0 Å². The Bertz CT molecular complexity index is 518. The summed E-state index contributed by atoms with van der Waals surface area (Å²) in [7, 11) is 1.56. The number of carboxylic acids is 1. The molecule has 7 heteroatoms. The van der Waals surface area contributed by atoms with Crippen molar-refractivity contribution < 1.29 is 19.1 Å². The van der Waals surface area contributed by atoms with Gasteiger partial charge >= 0.3 is 5.97 Å². The molecule has 0 aliphatic carbocycles. The van der Waals surface area contributed by atoms with E-state index in [1.54, 1.807) is 25.5 Å². The van der Waals surface area contributed by atoms with Gasteiger partial charge in [-0.1, -0.05) is 5.21 Å². The van der Waals surface area contributed by atoms with Crippen molar-refractivity contribution in [2.24, 2.45) is 0 Å². The lowest BCUT2D eigenvalue weighted by Crippen LogP contribution is -2.11. The van der Waals surface area contributed by atoms with E-state index in [0.29, 0.717) is 31.0 Å². The quantitative estimate of drug-likeness (QED) is 0.816. The highest BCUT2D eigenvalue weighted by atomic mass is 16.5. The SMILES string of the molecule is COCCc1c(C(=O)O)nnn1Cc1ccco1. The third-order valence-corrected chi connectivity index (χ3v) is 2.47. The highest BCUT2D eigenvalue weighted by Crippen LogP contribution is 2.10. The summed E-state index contributed by atoms with van der Waals surface area (Å²) < 4.78 is 11.7. The molecule has 0 aliphatic rings. The van der Waals surface area contributed by atoms with Crippen LogP contribution in [-0.4, -0.2) is 39.8 Å². The van der Waals surface area contributed by atoms with E-state index in [9.17, 15) is 4.79 Å². The normalized spacial score (nSPS) is 10.7. The summed E-state index contributed by atoms with van der Waals surface area (Å²) in [6.07, 6.45) is 1.99. The molecule has 0 bridgehead atoms. The van der Waals surface area contributed by atoms with Crippen LogP contribution in [0.3, 0.4) is 0 Å². The van der Waals surface area contributed by atoms with Gasteiger partial charge in [0.1, 0.15) is 12.3 Å². The number of carboxylic acid groups (broad SMARTS) is 1. The number of aromatic carboxylic acids is 1. The number of ether oxygens (including phenoxy) is 1. The number of nitrogens with zero attached hydrogens (tertiary/aromatic N) is 3. The van der Waals surface area contributed by atoms with Crippen molar-refractivity contribution in [1.29, 1.82) is 0 Å². The molecule has 2 aromatic rings. The second-order valence-corrected chi connectivity index (χ2v) is 3.67. The molecular formula is C11H13N3O4. The number of carbonyl (C=O) groups is 1. The summed E-state index contributed by atoms with van der Waals surface area (Å²) in [5.41, 5.74) is 0.486. The van der Waals surface area contributed by atoms with Crippen LogP contribution in [0, 0.1) is 0 Å². The zero-order chi connectivity index (χ0) is 13.0. The number of furan rings is 1. The number of hydrogen-bond acceptors (Lipinski definition) is 5. The third-order valence-electron chi connectivity index (χ3n) is 2.47. The Morgan fingerprint density at radius 2 is 2.44 bits per heavy atom. The maximum atomic E-state index is 11.0. The molecule has 0 amide bonds. The molecule has 0 atom stereocenters. The molecule has 96 valence electrons. The van der Waals surface area contributed by atoms with Gasteiger partial charge in [-0.15, -0.1) is 5.10 Å². The molecule has 0 fully saturated rings. The minimum Gasteiger partial charge on any atom is -0.476 e. The molecular weight excluding hydrogens is 238 g/mol. The van der Waals surface area contributed by atoms with E-state index >= 15 is 0 Å². The van der Waals surface area contributed by atoms with Gasteiger partial charge < -0.3 is 14.3 Å². The fraction of sp³-hybridized carbons (Fsp3) is 0.364. The van der Waals surface area contributed by atoms with Gasteiger partial charge in [-0.3, -0.25) is 0 Å². The topological polar surface area (TPSA) is 90.4 Å². The summed E-state index contributed by atoms with van der Waals surface area (Å²) in [4.78, 5) is 11.0. The first-order valence-electron chi connectivity index (χ1n) is 5.39. The van der Waals surface area contributed by atoms with Crippen LogP contribution < -0.4 is 0 Å². The van der Waals surface area contributed by atoms with Crippen molar-refractivity contribution >= 4 is 5.97 Å². The highest BCUT2D eigenvalue weighted by Gasteiger charge is 2.19. The lowest BCUT2D eigenvalue weighted by molar-refractivity contribution is 0.0688. The van der Waals surface area contributed by atoms with Gasteiger partial charge in [0.15, 0.2) is 5.69 Å². The number of methoxy groups -OCH3 is 1. The van der Waals surface area contributed by atoms with Crippen molar-refractivity contribution in [2.45, 2.75) is 13.0 Å². The van der Waals surface area contributed by atoms with Crippen LogP contribution in [0.25, 0.3) is 0 Å². The molecule has 2 heterocycles. The Balaban J connectivity index is 2.25. The molecule has 7 nitrogen and oxygen atoms in total. The number of rotatable bonds is 6. The van der Waals surface area contributed by atoms with Crippen molar-refractivity contribution in [2.75, 3.05) is 13.7 Å². The molecule has 0 radical (unpaired) electrons. The zero-order valence-electron chi connectivity index (χ0n) is 9.87. The molecule has 0 spiro atoms. The lowest BCUT2D eigenvalue weighted by Gasteiger charge is -2.04. The van der Waals surface area contributed by atoms with Gasteiger partial charge in [0.05, 0.1) is 18.6 Å². The second-order valence-electron chi connectivity index (χ2n) is 3.67. The van der Waals surface area contributed by atoms with Crippen LogP contribution >= 0.6 is 0 Å². The van der Waals surface area contributed by atoms with Crippen LogP contribution in [-0.2, 0) is 17.7 Å². The second kappa shape index (κ2) is 5.46. The predicted molar refractivity (Wildman–Crippen MR) is 60.4 cm³/mol. The highest BCUT2D eigenvalue weighted by molar-refractivity contribution is 5.86. The Morgan fingerprint density at radius 3 is 3.06 bits per heavy atom. The standard InChI is InChI=1S/C11H13N3O4/c1-17-6-4-9-10(11(15)16)12-13-14(9)7-8-3-2-5-18-8/h2-3,5H,4,6-7H2,1H3,(H,15,16). The summed E-state index contributed by atoms with van der Waals surface area (Å²) in [6.45, 7) is 0.762. The molecule has 0 aliphatic heterocycles. The molecule has 0 unspecified atom stereocenters. The summed E-state index contributed by atoms with van der Waals surface area (Å²) in [6, 6.07) is 3.56. The van der Waals surface area contributed by atoms with Crippen molar-refractivity contribution in [3.05, 3.63) is 35.5 Å². The third kappa shape index (κ3) is 2.57. The summed E-state index contributed by atoms with van der Waals surface area (Å²) in [5, 5.41) is 16.5. The molecule has 18 heavy (non-hydrogen) atoms.